The summed E-state index contributed by atoms with van der Waals surface area (Å²) in [5.41, 5.74) is 0.638. The number of hydrogen-bond acceptors (Lipinski definition) is 9. The van der Waals surface area contributed by atoms with Gasteiger partial charge < -0.3 is 36.6 Å². The topological polar surface area (TPSA) is 185 Å². The Bertz CT molecular complexity index is 1160. The maximum Gasteiger partial charge on any atom is 0.305 e. The van der Waals surface area contributed by atoms with Crippen molar-refractivity contribution in [1.29, 1.82) is 0 Å². The summed E-state index contributed by atoms with van der Waals surface area (Å²) in [6.07, 6.45) is 1.64. The maximum atomic E-state index is 12.5. The number of carbonyl (C=O) groups excluding carboxylic acids is 2. The number of aromatic nitrogens is 1. The zero-order valence-corrected chi connectivity index (χ0v) is 19.6. The van der Waals surface area contributed by atoms with E-state index in [1.807, 2.05) is 0 Å². The molecule has 1 aromatic carbocycles. The van der Waals surface area contributed by atoms with Gasteiger partial charge in [-0.25, -0.2) is 0 Å². The molecule has 3 rings (SSSR count). The third-order valence-electron chi connectivity index (χ3n) is 4.78. The third kappa shape index (κ3) is 7.44. The summed E-state index contributed by atoms with van der Waals surface area (Å²) in [6, 6.07) is 2.92. The van der Waals surface area contributed by atoms with Gasteiger partial charge in [-0.15, -0.1) is 0 Å². The van der Waals surface area contributed by atoms with Gasteiger partial charge in [0.05, 0.1) is 54.1 Å². The molecule has 2 heterocycles. The van der Waals surface area contributed by atoms with Crippen LogP contribution in [0.3, 0.4) is 0 Å². The monoisotopic (exact) mass is 524 g/mol. The van der Waals surface area contributed by atoms with Gasteiger partial charge in [0.2, 0.25) is 5.91 Å². The number of hydrogen-bond donors (Lipinski definition) is 7. The zero-order valence-electron chi connectivity index (χ0n) is 18.1. The van der Waals surface area contributed by atoms with Gasteiger partial charge in [-0.05, 0) is 18.2 Å². The number of amides is 2. The summed E-state index contributed by atoms with van der Waals surface area (Å²) in [5.74, 6) is -2.54. The van der Waals surface area contributed by atoms with Crippen molar-refractivity contribution in [3.8, 4) is 5.75 Å². The number of β-amino-alcohol motifs (C(OH)–C–C–N with tert-alkyl or cyclic N) is 1. The number of aromatic hydroxyl groups is 1. The number of pyridine rings is 1. The Morgan fingerprint density at radius 2 is 1.97 bits per heavy atom. The highest BCUT2D eigenvalue weighted by Gasteiger charge is 2.23. The molecule has 0 fully saturated rings. The molecule has 1 aliphatic heterocycles. The minimum absolute atomic E-state index is 0.0271. The number of carboxylic acids is 1. The standard InChI is InChI=1S/C21H22Cl2N6O6/c22-11-2-14(19(34)15(23)3-11)16(4-18(32)33)29-17(31)9-25-20(35)10-1-12(6-24-5-10)28-21-26-7-13(30)8-27-21/h1-3,5-6,13,16,30,34H,4,7-9H2,(H,25,35)(H,29,31)(H,32,33)(H2,26,27,28)/t16-/m0/s1. The molecule has 0 bridgehead atoms. The summed E-state index contributed by atoms with van der Waals surface area (Å²) >= 11 is 11.8. The van der Waals surface area contributed by atoms with Crippen molar-refractivity contribution < 1.29 is 29.7 Å². The first-order valence-electron chi connectivity index (χ1n) is 10.3. The Balaban J connectivity index is 1.62. The van der Waals surface area contributed by atoms with Gasteiger partial charge in [-0.3, -0.25) is 24.4 Å². The van der Waals surface area contributed by atoms with E-state index in [1.54, 1.807) is 0 Å². The predicted molar refractivity (Wildman–Crippen MR) is 128 cm³/mol. The number of aliphatic imine (C=N–C) groups is 1. The van der Waals surface area contributed by atoms with E-state index >= 15 is 0 Å². The number of aliphatic carboxylic acids is 1. The molecule has 12 nitrogen and oxygen atoms in total. The smallest absolute Gasteiger partial charge is 0.305 e. The lowest BCUT2D eigenvalue weighted by Crippen LogP contribution is -2.42. The molecule has 0 saturated heterocycles. The van der Waals surface area contributed by atoms with E-state index < -0.39 is 48.6 Å². The molecule has 0 radical (unpaired) electrons. The van der Waals surface area contributed by atoms with E-state index in [9.17, 15) is 29.7 Å². The van der Waals surface area contributed by atoms with Gasteiger partial charge in [0.25, 0.3) is 5.91 Å². The number of guanidine groups is 1. The van der Waals surface area contributed by atoms with Crippen molar-refractivity contribution in [3.05, 3.63) is 51.8 Å². The summed E-state index contributed by atoms with van der Waals surface area (Å²) in [5, 5.41) is 39.6. The SMILES string of the molecule is O=C(O)C[C@H](NC(=O)CNC(=O)c1cncc(NC2=NCC(O)CN2)c1)c1cc(Cl)cc(Cl)c1O. The van der Waals surface area contributed by atoms with Crippen LogP contribution >= 0.6 is 23.2 Å². The normalized spacial score (nSPS) is 15.9. The van der Waals surface area contributed by atoms with Crippen molar-refractivity contribution in [2.45, 2.75) is 18.6 Å². The number of anilines is 1. The molecular weight excluding hydrogens is 503 g/mol. The summed E-state index contributed by atoms with van der Waals surface area (Å²) in [7, 11) is 0. The van der Waals surface area contributed by atoms with E-state index in [0.29, 0.717) is 18.2 Å². The van der Waals surface area contributed by atoms with Crippen LogP contribution in [0.15, 0.2) is 35.6 Å². The molecule has 35 heavy (non-hydrogen) atoms. The Labute approximate surface area is 209 Å². The average Bonchev–Trinajstić information content (AvgIpc) is 2.81. The van der Waals surface area contributed by atoms with E-state index in [2.05, 4.69) is 31.2 Å². The Morgan fingerprint density at radius 1 is 1.20 bits per heavy atom. The lowest BCUT2D eigenvalue weighted by molar-refractivity contribution is -0.137. The number of rotatable bonds is 8. The zero-order chi connectivity index (χ0) is 25.5. The molecule has 7 N–H and O–H groups in total. The largest absolute Gasteiger partial charge is 0.506 e. The molecule has 1 aliphatic rings. The molecule has 2 atom stereocenters. The second kappa shape index (κ2) is 11.7. The molecule has 0 saturated carbocycles. The van der Waals surface area contributed by atoms with Crippen LogP contribution in [0.2, 0.25) is 10.0 Å². The van der Waals surface area contributed by atoms with Gasteiger partial charge in [0.15, 0.2) is 5.96 Å². The van der Waals surface area contributed by atoms with Crippen molar-refractivity contribution in [2.24, 2.45) is 4.99 Å². The van der Waals surface area contributed by atoms with Crippen LogP contribution < -0.4 is 21.3 Å². The Hall–Kier alpha value is -3.61. The molecule has 1 aromatic heterocycles. The van der Waals surface area contributed by atoms with Crippen LogP contribution in [0.4, 0.5) is 5.69 Å². The molecule has 0 aliphatic carbocycles. The van der Waals surface area contributed by atoms with Crippen LogP contribution in [0.5, 0.6) is 5.75 Å². The molecule has 2 amide bonds. The quantitative estimate of drug-likeness (QED) is 0.263. The molecule has 0 spiro atoms. The Kier molecular flexibility index (Phi) is 8.68. The summed E-state index contributed by atoms with van der Waals surface area (Å²) in [6.45, 7) is 0.0878. The third-order valence-corrected chi connectivity index (χ3v) is 5.29. The predicted octanol–water partition coefficient (Wildman–Crippen LogP) is 0.888. The lowest BCUT2D eigenvalue weighted by Gasteiger charge is -2.20. The lowest BCUT2D eigenvalue weighted by atomic mass is 10.0. The summed E-state index contributed by atoms with van der Waals surface area (Å²) < 4.78 is 0. The number of phenolic OH excluding ortho intramolecular Hbond substituents is 1. The van der Waals surface area contributed by atoms with Crippen LogP contribution in [-0.2, 0) is 9.59 Å². The fourth-order valence-corrected chi connectivity index (χ4v) is 3.67. The highest BCUT2D eigenvalue weighted by Crippen LogP contribution is 2.36. The van der Waals surface area contributed by atoms with Crippen LogP contribution in [0, 0.1) is 0 Å². The van der Waals surface area contributed by atoms with Gasteiger partial charge >= 0.3 is 5.97 Å². The van der Waals surface area contributed by atoms with Crippen LogP contribution in [0.1, 0.15) is 28.4 Å². The summed E-state index contributed by atoms with van der Waals surface area (Å²) in [4.78, 5) is 44.3. The fraction of sp³-hybridized carbons (Fsp3) is 0.286. The molecule has 1 unspecified atom stereocenters. The second-order valence-electron chi connectivity index (χ2n) is 7.54. The van der Waals surface area contributed by atoms with Crippen molar-refractivity contribution in [2.75, 3.05) is 25.0 Å². The number of phenols is 1. The average molecular weight is 525 g/mol. The van der Waals surface area contributed by atoms with Crippen molar-refractivity contribution in [3.63, 3.8) is 0 Å². The highest BCUT2D eigenvalue weighted by molar-refractivity contribution is 6.35. The van der Waals surface area contributed by atoms with Crippen molar-refractivity contribution >= 4 is 52.6 Å². The fourth-order valence-electron chi connectivity index (χ4n) is 3.16. The van der Waals surface area contributed by atoms with Gasteiger partial charge in [-0.1, -0.05) is 23.2 Å². The van der Waals surface area contributed by atoms with Gasteiger partial charge in [0, 0.05) is 23.3 Å². The first kappa shape index (κ1) is 26.0. The maximum absolute atomic E-state index is 12.5. The number of carbonyl (C=O) groups is 3. The van der Waals surface area contributed by atoms with E-state index in [4.69, 9.17) is 23.2 Å². The number of aliphatic hydroxyl groups excluding tert-OH is 1. The molecule has 14 heteroatoms. The number of benzene rings is 1. The minimum Gasteiger partial charge on any atom is -0.506 e. The molecule has 186 valence electrons. The van der Waals surface area contributed by atoms with Crippen LogP contribution in [-0.4, -0.2) is 69.8 Å². The number of nitrogens with one attached hydrogen (secondary N) is 4. The second-order valence-corrected chi connectivity index (χ2v) is 8.38. The van der Waals surface area contributed by atoms with Crippen LogP contribution in [0.25, 0.3) is 0 Å². The number of nitrogens with zero attached hydrogens (tertiary/aromatic N) is 2. The van der Waals surface area contributed by atoms with E-state index in [-0.39, 0.29) is 27.7 Å². The van der Waals surface area contributed by atoms with Gasteiger partial charge in [-0.2, -0.15) is 0 Å². The highest BCUT2D eigenvalue weighted by atomic mass is 35.5. The molecular formula is C21H22Cl2N6O6. The van der Waals surface area contributed by atoms with Gasteiger partial charge in [0.1, 0.15) is 5.75 Å². The first-order chi connectivity index (χ1) is 16.6. The van der Waals surface area contributed by atoms with E-state index in [1.165, 1.54) is 30.6 Å². The molecule has 2 aromatic rings. The number of carboxylic acid groups (broad SMARTS) is 1. The van der Waals surface area contributed by atoms with E-state index in [0.717, 1.165) is 0 Å². The first-order valence-corrected chi connectivity index (χ1v) is 11.0. The minimum atomic E-state index is -1.24. The van der Waals surface area contributed by atoms with Crippen molar-refractivity contribution in [1.82, 2.24) is 20.9 Å². The number of aliphatic hydroxyl groups is 1. The number of halogens is 2. The Morgan fingerprint density at radius 3 is 2.66 bits per heavy atom.